The van der Waals surface area contributed by atoms with Crippen LogP contribution in [0.5, 0.6) is 0 Å². The molecule has 0 aliphatic rings. The molecule has 0 spiro atoms. The van der Waals surface area contributed by atoms with Gasteiger partial charge in [-0.3, -0.25) is 0 Å². The normalized spacial score (nSPS) is 12.1. The van der Waals surface area contributed by atoms with E-state index < -0.39 is 18.0 Å². The summed E-state index contributed by atoms with van der Waals surface area (Å²) in [4.78, 5) is 23.0. The Morgan fingerprint density at radius 1 is 1.29 bits per heavy atom. The zero-order valence-corrected chi connectivity index (χ0v) is 14.5. The van der Waals surface area contributed by atoms with Crippen molar-refractivity contribution in [3.8, 4) is 0 Å². The number of amides is 2. The van der Waals surface area contributed by atoms with E-state index in [9.17, 15) is 9.59 Å². The first-order valence-electron chi connectivity index (χ1n) is 6.15. The van der Waals surface area contributed by atoms with Crippen LogP contribution in [-0.4, -0.2) is 23.1 Å². The van der Waals surface area contributed by atoms with Gasteiger partial charge in [0.1, 0.15) is 6.04 Å². The van der Waals surface area contributed by atoms with Crippen LogP contribution in [-0.2, 0) is 4.79 Å². The molecule has 1 aromatic rings. The monoisotopic (exact) mass is 396 g/mol. The van der Waals surface area contributed by atoms with Crippen molar-refractivity contribution in [2.75, 3.05) is 5.32 Å². The molecule has 1 atom stereocenters. The number of carbonyl (C=O) groups excluding carboxylic acids is 1. The molecular weight excluding hydrogens is 383 g/mol. The summed E-state index contributed by atoms with van der Waals surface area (Å²) in [6, 6.07) is 1.50. The maximum Gasteiger partial charge on any atom is 0.326 e. The van der Waals surface area contributed by atoms with Gasteiger partial charge >= 0.3 is 12.0 Å². The van der Waals surface area contributed by atoms with E-state index in [0.717, 1.165) is 0 Å². The molecule has 116 valence electrons. The number of hydrogen-bond donors (Lipinski definition) is 3. The smallest absolute Gasteiger partial charge is 0.326 e. The van der Waals surface area contributed by atoms with Crippen LogP contribution >= 0.6 is 39.1 Å². The van der Waals surface area contributed by atoms with Gasteiger partial charge in [0.15, 0.2) is 0 Å². The SMILES string of the molecule is CC(C)C[C@H](NC(=O)Nc1c(Cl)cc(Br)cc1Cl)C(=O)O. The van der Waals surface area contributed by atoms with Crippen LogP contribution in [0.1, 0.15) is 20.3 Å². The fourth-order valence-electron chi connectivity index (χ4n) is 1.66. The van der Waals surface area contributed by atoms with Crippen LogP contribution in [0.25, 0.3) is 0 Å². The fraction of sp³-hybridized carbons (Fsp3) is 0.385. The lowest BCUT2D eigenvalue weighted by molar-refractivity contribution is -0.139. The second kappa shape index (κ2) is 7.87. The number of hydrogen-bond acceptors (Lipinski definition) is 2. The predicted octanol–water partition coefficient (Wildman–Crippen LogP) is 4.38. The van der Waals surface area contributed by atoms with Gasteiger partial charge in [0, 0.05) is 4.47 Å². The van der Waals surface area contributed by atoms with Gasteiger partial charge in [-0.2, -0.15) is 0 Å². The van der Waals surface area contributed by atoms with Crippen molar-refractivity contribution < 1.29 is 14.7 Å². The number of carboxylic acid groups (broad SMARTS) is 1. The lowest BCUT2D eigenvalue weighted by Gasteiger charge is -2.17. The lowest BCUT2D eigenvalue weighted by Crippen LogP contribution is -2.43. The van der Waals surface area contributed by atoms with Gasteiger partial charge in [0.25, 0.3) is 0 Å². The van der Waals surface area contributed by atoms with E-state index >= 15 is 0 Å². The van der Waals surface area contributed by atoms with Gasteiger partial charge in [-0.25, -0.2) is 9.59 Å². The van der Waals surface area contributed by atoms with Crippen LogP contribution in [0, 0.1) is 5.92 Å². The van der Waals surface area contributed by atoms with E-state index in [1.54, 1.807) is 12.1 Å². The number of carbonyl (C=O) groups is 2. The highest BCUT2D eigenvalue weighted by molar-refractivity contribution is 9.10. The summed E-state index contributed by atoms with van der Waals surface area (Å²) >= 11 is 15.2. The van der Waals surface area contributed by atoms with Crippen molar-refractivity contribution in [3.63, 3.8) is 0 Å². The van der Waals surface area contributed by atoms with Crippen molar-refractivity contribution in [2.45, 2.75) is 26.3 Å². The number of rotatable bonds is 5. The molecule has 0 aliphatic heterocycles. The summed E-state index contributed by atoms with van der Waals surface area (Å²) in [7, 11) is 0. The lowest BCUT2D eigenvalue weighted by atomic mass is 10.0. The minimum absolute atomic E-state index is 0.131. The van der Waals surface area contributed by atoms with Gasteiger partial charge in [0.2, 0.25) is 0 Å². The van der Waals surface area contributed by atoms with E-state index in [1.807, 2.05) is 13.8 Å². The number of aliphatic carboxylic acids is 1. The number of benzene rings is 1. The number of nitrogens with one attached hydrogen (secondary N) is 2. The summed E-state index contributed by atoms with van der Waals surface area (Å²) in [5.41, 5.74) is 0.229. The third-order valence-electron chi connectivity index (χ3n) is 2.56. The Balaban J connectivity index is 2.79. The fourth-order valence-corrected chi connectivity index (χ4v) is 2.97. The average Bonchev–Trinajstić information content (AvgIpc) is 2.32. The van der Waals surface area contributed by atoms with Crippen molar-refractivity contribution in [1.82, 2.24) is 5.32 Å². The first-order valence-corrected chi connectivity index (χ1v) is 7.70. The minimum Gasteiger partial charge on any atom is -0.480 e. The Morgan fingerprint density at radius 3 is 2.24 bits per heavy atom. The van der Waals surface area contributed by atoms with Crippen LogP contribution in [0.4, 0.5) is 10.5 Å². The number of urea groups is 1. The summed E-state index contributed by atoms with van der Waals surface area (Å²) in [6.45, 7) is 3.75. The number of carboxylic acids is 1. The van der Waals surface area contributed by atoms with Crippen molar-refractivity contribution in [3.05, 3.63) is 26.7 Å². The number of halogens is 3. The third kappa shape index (κ3) is 5.73. The molecule has 1 aromatic carbocycles. The predicted molar refractivity (Wildman–Crippen MR) is 87.2 cm³/mol. The molecule has 3 N–H and O–H groups in total. The van der Waals surface area contributed by atoms with Gasteiger partial charge in [-0.15, -0.1) is 0 Å². The second-order valence-electron chi connectivity index (χ2n) is 4.86. The maximum absolute atomic E-state index is 11.9. The molecule has 5 nitrogen and oxygen atoms in total. The molecule has 0 fully saturated rings. The third-order valence-corrected chi connectivity index (χ3v) is 3.61. The van der Waals surface area contributed by atoms with Gasteiger partial charge < -0.3 is 15.7 Å². The Morgan fingerprint density at radius 2 is 1.81 bits per heavy atom. The van der Waals surface area contributed by atoms with Crippen LogP contribution in [0.3, 0.4) is 0 Å². The zero-order chi connectivity index (χ0) is 16.2. The molecule has 2 amide bonds. The Hall–Kier alpha value is -0.980. The molecule has 0 aromatic heterocycles. The number of anilines is 1. The summed E-state index contributed by atoms with van der Waals surface area (Å²) in [5.74, 6) is -0.960. The summed E-state index contributed by atoms with van der Waals surface area (Å²) < 4.78 is 0.673. The molecule has 0 heterocycles. The molecule has 21 heavy (non-hydrogen) atoms. The molecule has 8 heteroatoms. The Labute approximate surface area is 141 Å². The zero-order valence-electron chi connectivity index (χ0n) is 11.4. The molecule has 0 bridgehead atoms. The molecule has 0 radical (unpaired) electrons. The van der Waals surface area contributed by atoms with Gasteiger partial charge in [0.05, 0.1) is 15.7 Å². The highest BCUT2D eigenvalue weighted by Crippen LogP contribution is 2.33. The Kier molecular flexibility index (Phi) is 6.77. The highest BCUT2D eigenvalue weighted by Gasteiger charge is 2.22. The van der Waals surface area contributed by atoms with E-state index in [0.29, 0.717) is 10.9 Å². The van der Waals surface area contributed by atoms with Gasteiger partial charge in [-0.05, 0) is 24.5 Å². The first kappa shape index (κ1) is 18.1. The van der Waals surface area contributed by atoms with Crippen LogP contribution < -0.4 is 10.6 Å². The largest absolute Gasteiger partial charge is 0.480 e. The topological polar surface area (TPSA) is 78.4 Å². The average molecular weight is 398 g/mol. The molecule has 0 aliphatic carbocycles. The molecule has 1 rings (SSSR count). The standard InChI is InChI=1S/C13H15BrCl2N2O3/c1-6(2)3-10(12(19)20)17-13(21)18-11-8(15)4-7(14)5-9(11)16/h4-6,10H,3H2,1-2H3,(H,19,20)(H2,17,18,21)/t10-/m0/s1. The van der Waals surface area contributed by atoms with Crippen LogP contribution in [0.15, 0.2) is 16.6 Å². The van der Waals surface area contributed by atoms with Gasteiger partial charge in [-0.1, -0.05) is 53.0 Å². The van der Waals surface area contributed by atoms with E-state index in [-0.39, 0.29) is 21.7 Å². The highest BCUT2D eigenvalue weighted by atomic mass is 79.9. The summed E-state index contributed by atoms with van der Waals surface area (Å²) in [6.07, 6.45) is 0.324. The molecule has 0 saturated heterocycles. The molecule has 0 saturated carbocycles. The minimum atomic E-state index is -1.09. The van der Waals surface area contributed by atoms with Crippen molar-refractivity contribution in [2.24, 2.45) is 5.92 Å². The molecule has 0 unspecified atom stereocenters. The Bertz CT molecular complexity index is 529. The first-order chi connectivity index (χ1) is 9.70. The molecular formula is C13H15BrCl2N2O3. The van der Waals surface area contributed by atoms with E-state index in [1.165, 1.54) is 0 Å². The summed E-state index contributed by atoms with van der Waals surface area (Å²) in [5, 5.41) is 14.4. The quantitative estimate of drug-likeness (QED) is 0.689. The second-order valence-corrected chi connectivity index (χ2v) is 6.59. The van der Waals surface area contributed by atoms with E-state index in [4.69, 9.17) is 28.3 Å². The van der Waals surface area contributed by atoms with E-state index in [2.05, 4.69) is 26.6 Å². The van der Waals surface area contributed by atoms with Crippen molar-refractivity contribution >= 4 is 56.8 Å². The van der Waals surface area contributed by atoms with Crippen LogP contribution in [0.2, 0.25) is 10.0 Å². The maximum atomic E-state index is 11.9. The van der Waals surface area contributed by atoms with Crippen molar-refractivity contribution in [1.29, 1.82) is 0 Å².